The summed E-state index contributed by atoms with van der Waals surface area (Å²) >= 11 is 8.23. The van der Waals surface area contributed by atoms with Crippen molar-refractivity contribution in [3.63, 3.8) is 0 Å². The molecule has 2 amide bonds. The van der Waals surface area contributed by atoms with Gasteiger partial charge in [-0.1, -0.05) is 34.2 Å². The fourth-order valence-corrected chi connectivity index (χ4v) is 5.86. The molecule has 16 heteroatoms. The van der Waals surface area contributed by atoms with E-state index in [1.54, 1.807) is 29.1 Å². The average Bonchev–Trinajstić information content (AvgIpc) is 3.19. The maximum Gasteiger partial charge on any atom is 0.347 e. The number of thioether (sulfide) groups is 1. The number of carbonyl (C=O) groups is 4. The van der Waals surface area contributed by atoms with Gasteiger partial charge in [0.05, 0.1) is 11.7 Å². The summed E-state index contributed by atoms with van der Waals surface area (Å²) in [5, 5.41) is 26.4. The van der Waals surface area contributed by atoms with Gasteiger partial charge in [0, 0.05) is 23.5 Å². The molecule has 37 heavy (non-hydrogen) atoms. The van der Waals surface area contributed by atoms with Gasteiger partial charge < -0.3 is 30.9 Å². The summed E-state index contributed by atoms with van der Waals surface area (Å²) in [7, 11) is 0. The van der Waals surface area contributed by atoms with Gasteiger partial charge in [-0.15, -0.1) is 11.8 Å². The molecule has 4 rings (SSSR count). The van der Waals surface area contributed by atoms with E-state index in [9.17, 15) is 24.3 Å². The van der Waals surface area contributed by atoms with Crippen LogP contribution in [0.3, 0.4) is 0 Å². The number of carboxylic acid groups (broad SMARTS) is 2. The molecule has 2 aliphatic rings. The van der Waals surface area contributed by atoms with Gasteiger partial charge in [0.2, 0.25) is 6.10 Å². The summed E-state index contributed by atoms with van der Waals surface area (Å²) in [4.78, 5) is 59.1. The Bertz CT molecular complexity index is 1330. The second kappa shape index (κ2) is 10.7. The smallest absolute Gasteiger partial charge is 0.347 e. The molecule has 1 saturated heterocycles. The molecule has 4 heterocycles. The number of thiazole rings is 1. The number of aromatic nitrogens is 2. The van der Waals surface area contributed by atoms with Gasteiger partial charge in [-0.2, -0.15) is 0 Å². The lowest BCUT2D eigenvalue weighted by Crippen LogP contribution is -2.71. The first-order chi connectivity index (χ1) is 17.6. The second-order valence-corrected chi connectivity index (χ2v) is 10.6. The fraction of sp³-hybridized carbons (Fsp3) is 0.286. The van der Waals surface area contributed by atoms with Crippen LogP contribution in [0, 0.1) is 0 Å². The van der Waals surface area contributed by atoms with Crippen molar-refractivity contribution in [2.45, 2.75) is 31.0 Å². The standard InChI is InChI=1S/C21H19ClN6O7S2/c1-9(19(31)32)35-26-12(11-15(22)37-21(23)25-11)16(29)24-13-17(30)28-14(20(33)34)10(8-36-18(13)28)7-27-5-3-2-4-6-27/h2-6,9,13,18H,7-8H2,1H3,(H4-,23,24,25,29,31,32,33,34)/b26-12-/t9-,13?,18?/m0/s1. The lowest BCUT2D eigenvalue weighted by atomic mass is 10.0. The Morgan fingerprint density at radius 2 is 2.11 bits per heavy atom. The molecule has 0 aliphatic carbocycles. The summed E-state index contributed by atoms with van der Waals surface area (Å²) in [6.45, 7) is 1.44. The molecule has 2 unspecified atom stereocenters. The van der Waals surface area contributed by atoms with E-state index in [0.717, 1.165) is 16.2 Å². The number of oxime groups is 1. The number of carboxylic acids is 2. The average molecular weight is 567 g/mol. The van der Waals surface area contributed by atoms with E-state index in [0.29, 0.717) is 5.57 Å². The number of rotatable bonds is 9. The number of nitrogens with two attached hydrogens (primary N) is 1. The molecule has 0 saturated carbocycles. The van der Waals surface area contributed by atoms with Crippen LogP contribution in [0.1, 0.15) is 12.6 Å². The predicted molar refractivity (Wildman–Crippen MR) is 130 cm³/mol. The second-order valence-electron chi connectivity index (χ2n) is 7.85. The van der Waals surface area contributed by atoms with E-state index >= 15 is 0 Å². The molecule has 4 N–H and O–H groups in total. The molecule has 0 spiro atoms. The number of carbonyl (C=O) groups excluding carboxylic acids is 3. The number of fused-ring (bicyclic) bond motifs is 1. The molecule has 194 valence electrons. The number of halogens is 1. The normalized spacial score (nSPS) is 20.1. The van der Waals surface area contributed by atoms with E-state index < -0.39 is 47.0 Å². The Hall–Kier alpha value is -3.69. The van der Waals surface area contributed by atoms with Crippen LogP contribution in [-0.4, -0.2) is 67.7 Å². The van der Waals surface area contributed by atoms with Crippen LogP contribution >= 0.6 is 34.7 Å². The maximum atomic E-state index is 13.1. The summed E-state index contributed by atoms with van der Waals surface area (Å²) < 4.78 is 1.77. The van der Waals surface area contributed by atoms with Crippen molar-refractivity contribution < 1.29 is 38.8 Å². The van der Waals surface area contributed by atoms with Gasteiger partial charge in [0.25, 0.3) is 11.8 Å². The summed E-state index contributed by atoms with van der Waals surface area (Å²) in [5.74, 6) is -4.16. The third-order valence-electron chi connectivity index (χ3n) is 5.37. The van der Waals surface area contributed by atoms with E-state index in [-0.39, 0.29) is 33.2 Å². The Kier molecular flexibility index (Phi) is 7.65. The van der Waals surface area contributed by atoms with Crippen LogP contribution in [0.2, 0.25) is 4.34 Å². The monoisotopic (exact) mass is 566 g/mol. The van der Waals surface area contributed by atoms with E-state index in [4.69, 9.17) is 27.3 Å². The molecule has 2 aromatic rings. The number of nitrogens with one attached hydrogen (secondary N) is 1. The number of aliphatic carboxylic acids is 2. The Morgan fingerprint density at radius 1 is 1.41 bits per heavy atom. The number of β-lactam (4-membered cyclic amide) rings is 1. The predicted octanol–water partition coefficient (Wildman–Crippen LogP) is -1.04. The number of pyridine rings is 1. The molecule has 0 radical (unpaired) electrons. The van der Waals surface area contributed by atoms with Crippen molar-refractivity contribution >= 4 is 69.3 Å². The van der Waals surface area contributed by atoms with Crippen molar-refractivity contribution in [1.82, 2.24) is 15.2 Å². The van der Waals surface area contributed by atoms with Crippen molar-refractivity contribution in [3.05, 3.63) is 51.9 Å². The molecule has 0 bridgehead atoms. The van der Waals surface area contributed by atoms with Gasteiger partial charge in [0.1, 0.15) is 21.4 Å². The van der Waals surface area contributed by atoms with Gasteiger partial charge in [0.15, 0.2) is 29.8 Å². The highest BCUT2D eigenvalue weighted by Crippen LogP contribution is 2.40. The van der Waals surface area contributed by atoms with E-state index in [2.05, 4.69) is 15.5 Å². The lowest BCUT2D eigenvalue weighted by Gasteiger charge is -2.50. The minimum absolute atomic E-state index is 0.00296. The largest absolute Gasteiger partial charge is 0.543 e. The number of hydrogen-bond donors (Lipinski definition) is 3. The van der Waals surface area contributed by atoms with Crippen LogP contribution in [-0.2, 0) is 30.6 Å². The zero-order valence-electron chi connectivity index (χ0n) is 19.0. The highest BCUT2D eigenvalue weighted by molar-refractivity contribution is 8.00. The van der Waals surface area contributed by atoms with Crippen LogP contribution in [0.5, 0.6) is 0 Å². The Balaban J connectivity index is 1.56. The Labute approximate surface area is 222 Å². The number of anilines is 1. The molecule has 0 aromatic carbocycles. The highest BCUT2D eigenvalue weighted by atomic mass is 35.5. The third kappa shape index (κ3) is 5.38. The maximum absolute atomic E-state index is 13.1. The number of hydrogen-bond acceptors (Lipinski definition) is 11. The SMILES string of the molecule is C[C@H](O/N=C(\C(=O)NC1C(=O)N2C(C(=O)[O-])=C(C[n+]3ccccc3)CSC12)c1nc(N)sc1Cl)C(=O)O. The topological polar surface area (TPSA) is 191 Å². The first-order valence-corrected chi connectivity index (χ1v) is 12.8. The van der Waals surface area contributed by atoms with E-state index in [1.807, 2.05) is 6.07 Å². The minimum Gasteiger partial charge on any atom is -0.543 e. The van der Waals surface area contributed by atoms with Crippen LogP contribution in [0.15, 0.2) is 47.0 Å². The molecule has 13 nitrogen and oxygen atoms in total. The zero-order valence-corrected chi connectivity index (χ0v) is 21.4. The van der Waals surface area contributed by atoms with E-state index in [1.165, 1.54) is 18.7 Å². The van der Waals surface area contributed by atoms with Crippen molar-refractivity contribution in [2.75, 3.05) is 11.5 Å². The third-order valence-corrected chi connectivity index (χ3v) is 7.79. The highest BCUT2D eigenvalue weighted by Gasteiger charge is 2.53. The molecule has 2 aliphatic heterocycles. The van der Waals surface area contributed by atoms with Crippen molar-refractivity contribution in [1.29, 1.82) is 0 Å². The first kappa shape index (κ1) is 26.4. The van der Waals surface area contributed by atoms with Crippen LogP contribution in [0.4, 0.5) is 5.13 Å². The Morgan fingerprint density at radius 3 is 2.70 bits per heavy atom. The quantitative estimate of drug-likeness (QED) is 0.146. The number of nitrogens with zero attached hydrogens (tertiary/aromatic N) is 4. The number of nitrogen functional groups attached to an aromatic ring is 1. The van der Waals surface area contributed by atoms with Crippen LogP contribution in [0.25, 0.3) is 0 Å². The molecule has 3 atom stereocenters. The molecular weight excluding hydrogens is 548 g/mol. The van der Waals surface area contributed by atoms with Gasteiger partial charge in [-0.05, 0) is 6.92 Å². The molecule has 1 fully saturated rings. The van der Waals surface area contributed by atoms with Gasteiger partial charge >= 0.3 is 5.97 Å². The lowest BCUT2D eigenvalue weighted by molar-refractivity contribution is -0.689. The summed E-state index contributed by atoms with van der Waals surface area (Å²) in [6.07, 6.45) is 2.13. The molecular formula is C21H19ClN6O7S2. The zero-order chi connectivity index (χ0) is 26.9. The summed E-state index contributed by atoms with van der Waals surface area (Å²) in [6, 6.07) is 4.30. The number of amides is 2. The first-order valence-electron chi connectivity index (χ1n) is 10.6. The fourth-order valence-electron chi connectivity index (χ4n) is 3.60. The minimum atomic E-state index is -1.50. The molecule has 2 aromatic heterocycles. The van der Waals surface area contributed by atoms with Gasteiger partial charge in [-0.25, -0.2) is 14.3 Å². The van der Waals surface area contributed by atoms with Crippen molar-refractivity contribution in [3.8, 4) is 0 Å². The summed E-state index contributed by atoms with van der Waals surface area (Å²) in [5.41, 5.74) is 5.25. The van der Waals surface area contributed by atoms with Crippen LogP contribution < -0.4 is 20.7 Å². The van der Waals surface area contributed by atoms with Crippen molar-refractivity contribution in [2.24, 2.45) is 5.16 Å². The van der Waals surface area contributed by atoms with Gasteiger partial charge in [-0.3, -0.25) is 14.5 Å².